The first-order valence-corrected chi connectivity index (χ1v) is 6.58. The number of carboxylic acids is 1. The summed E-state index contributed by atoms with van der Waals surface area (Å²) in [5.41, 5.74) is 1.82. The molecule has 1 aliphatic rings. The summed E-state index contributed by atoms with van der Waals surface area (Å²) in [5.74, 6) is -1.43. The lowest BCUT2D eigenvalue weighted by atomic mass is 10.0. The van der Waals surface area contributed by atoms with Crippen LogP contribution in [0.2, 0.25) is 10.0 Å². The fourth-order valence-corrected chi connectivity index (χ4v) is 2.28. The maximum atomic E-state index is 12.0. The molecule has 0 spiro atoms. The van der Waals surface area contributed by atoms with Gasteiger partial charge in [-0.2, -0.15) is 0 Å². The van der Waals surface area contributed by atoms with Gasteiger partial charge in [0.1, 0.15) is 0 Å². The lowest BCUT2D eigenvalue weighted by Gasteiger charge is -2.21. The number of carboxylic acid groups (broad SMARTS) is 1. The zero-order valence-corrected chi connectivity index (χ0v) is 12.1. The van der Waals surface area contributed by atoms with Gasteiger partial charge < -0.3 is 15.7 Å². The van der Waals surface area contributed by atoms with Gasteiger partial charge in [0, 0.05) is 18.7 Å². The monoisotopic (exact) mass is 314 g/mol. The normalized spacial score (nSPS) is 13.7. The summed E-state index contributed by atoms with van der Waals surface area (Å²) in [4.78, 5) is 22.9. The molecule has 1 amide bonds. The van der Waals surface area contributed by atoms with Gasteiger partial charge >= 0.3 is 5.97 Å². The van der Waals surface area contributed by atoms with Crippen LogP contribution in [0.15, 0.2) is 23.3 Å². The number of anilines is 1. The minimum absolute atomic E-state index is 0.0312. The molecule has 0 aromatic heterocycles. The number of hydrogen-bond donors (Lipinski definition) is 3. The predicted molar refractivity (Wildman–Crippen MR) is 77.6 cm³/mol. The van der Waals surface area contributed by atoms with Gasteiger partial charge in [-0.25, -0.2) is 4.79 Å². The van der Waals surface area contributed by atoms with Gasteiger partial charge in [0.15, 0.2) is 0 Å². The van der Waals surface area contributed by atoms with Crippen molar-refractivity contribution in [3.8, 4) is 0 Å². The van der Waals surface area contributed by atoms with Crippen molar-refractivity contribution in [3.63, 3.8) is 0 Å². The Balaban J connectivity index is 2.26. The second kappa shape index (κ2) is 5.83. The second-order valence-electron chi connectivity index (χ2n) is 4.41. The van der Waals surface area contributed by atoms with Gasteiger partial charge in [0.25, 0.3) is 5.91 Å². The highest BCUT2D eigenvalue weighted by atomic mass is 35.5. The smallest absolute Gasteiger partial charge is 0.335 e. The van der Waals surface area contributed by atoms with Crippen molar-refractivity contribution < 1.29 is 14.7 Å². The van der Waals surface area contributed by atoms with Gasteiger partial charge in [0.2, 0.25) is 0 Å². The Bertz CT molecular complexity index is 597. The van der Waals surface area contributed by atoms with Crippen LogP contribution in [0.4, 0.5) is 5.69 Å². The average Bonchev–Trinajstić information content (AvgIpc) is 2.30. The summed E-state index contributed by atoms with van der Waals surface area (Å²) in [7, 11) is 0. The molecule has 3 N–H and O–H groups in total. The number of amides is 1. The van der Waals surface area contributed by atoms with Crippen LogP contribution in [-0.4, -0.2) is 30.1 Å². The highest BCUT2D eigenvalue weighted by Gasteiger charge is 2.19. The van der Waals surface area contributed by atoms with E-state index < -0.39 is 5.97 Å². The van der Waals surface area contributed by atoms with Gasteiger partial charge in [0.05, 0.1) is 21.3 Å². The summed E-state index contributed by atoms with van der Waals surface area (Å²) < 4.78 is 0. The number of carbonyl (C=O) groups is 2. The third-order valence-electron chi connectivity index (χ3n) is 3.08. The van der Waals surface area contributed by atoms with Crippen LogP contribution < -0.4 is 10.6 Å². The van der Waals surface area contributed by atoms with Gasteiger partial charge in [-0.05, 0) is 24.6 Å². The molecule has 7 heteroatoms. The van der Waals surface area contributed by atoms with E-state index >= 15 is 0 Å². The minimum atomic E-state index is -1.13. The highest BCUT2D eigenvalue weighted by molar-refractivity contribution is 6.40. The van der Waals surface area contributed by atoms with E-state index in [0.717, 1.165) is 5.57 Å². The third kappa shape index (κ3) is 2.95. The van der Waals surface area contributed by atoms with Crippen LogP contribution in [-0.2, 0) is 4.79 Å². The minimum Gasteiger partial charge on any atom is -0.478 e. The molecule has 1 saturated heterocycles. The summed E-state index contributed by atoms with van der Waals surface area (Å²) >= 11 is 11.9. The number of nitrogens with one attached hydrogen (secondary N) is 2. The molecule has 1 aromatic rings. The summed E-state index contributed by atoms with van der Waals surface area (Å²) in [6.07, 6.45) is 0. The molecule has 0 radical (unpaired) electrons. The molecular formula is C13H12Cl2N2O3. The van der Waals surface area contributed by atoms with Crippen LogP contribution >= 0.6 is 23.2 Å². The van der Waals surface area contributed by atoms with Crippen LogP contribution in [0.25, 0.3) is 0 Å². The van der Waals surface area contributed by atoms with Gasteiger partial charge in [-0.15, -0.1) is 0 Å². The number of benzene rings is 1. The van der Waals surface area contributed by atoms with Crippen molar-refractivity contribution in [2.75, 3.05) is 18.4 Å². The van der Waals surface area contributed by atoms with E-state index in [0.29, 0.717) is 18.7 Å². The largest absolute Gasteiger partial charge is 0.478 e. The van der Waals surface area contributed by atoms with Gasteiger partial charge in [-0.1, -0.05) is 23.2 Å². The quantitative estimate of drug-likeness (QED) is 0.749. The van der Waals surface area contributed by atoms with Crippen LogP contribution in [0.3, 0.4) is 0 Å². The number of hydrogen-bond acceptors (Lipinski definition) is 3. The van der Waals surface area contributed by atoms with E-state index in [-0.39, 0.29) is 27.2 Å². The Morgan fingerprint density at radius 3 is 2.20 bits per heavy atom. The SMILES string of the molecule is CC(C(=O)Nc1c(Cl)cc(C(=O)O)cc1Cl)=C1CNC1. The van der Waals surface area contributed by atoms with E-state index in [1.54, 1.807) is 6.92 Å². The van der Waals surface area contributed by atoms with Crippen molar-refractivity contribution in [3.05, 3.63) is 38.9 Å². The zero-order chi connectivity index (χ0) is 14.9. The van der Waals surface area contributed by atoms with Crippen LogP contribution in [0.1, 0.15) is 17.3 Å². The molecule has 1 aliphatic heterocycles. The van der Waals surface area contributed by atoms with Crippen molar-refractivity contribution in [1.82, 2.24) is 5.32 Å². The molecule has 1 fully saturated rings. The van der Waals surface area contributed by atoms with Crippen molar-refractivity contribution >= 4 is 40.8 Å². The predicted octanol–water partition coefficient (Wildman–Crippen LogP) is 2.55. The Morgan fingerprint density at radius 2 is 1.80 bits per heavy atom. The molecule has 1 heterocycles. The fourth-order valence-electron chi connectivity index (χ4n) is 1.70. The molecule has 106 valence electrons. The zero-order valence-electron chi connectivity index (χ0n) is 10.6. The van der Waals surface area contributed by atoms with Crippen molar-refractivity contribution in [2.24, 2.45) is 0 Å². The van der Waals surface area contributed by atoms with E-state index in [2.05, 4.69) is 10.6 Å². The molecule has 20 heavy (non-hydrogen) atoms. The number of aromatic carboxylic acids is 1. The van der Waals surface area contributed by atoms with E-state index in [1.807, 2.05) is 0 Å². The number of carbonyl (C=O) groups excluding carboxylic acids is 1. The first kappa shape index (κ1) is 14.8. The first-order valence-electron chi connectivity index (χ1n) is 5.83. The van der Waals surface area contributed by atoms with Crippen molar-refractivity contribution in [1.29, 1.82) is 0 Å². The first-order chi connectivity index (χ1) is 9.40. The molecule has 0 saturated carbocycles. The Morgan fingerprint density at radius 1 is 1.25 bits per heavy atom. The maximum Gasteiger partial charge on any atom is 0.335 e. The molecule has 0 atom stereocenters. The lowest BCUT2D eigenvalue weighted by molar-refractivity contribution is -0.112. The Kier molecular flexibility index (Phi) is 4.32. The standard InChI is InChI=1S/C13H12Cl2N2O3/c1-6(8-4-16-5-8)12(18)17-11-9(14)2-7(13(19)20)3-10(11)15/h2-3,16H,4-5H2,1H3,(H,17,18)(H,19,20). The Labute approximate surface area is 125 Å². The molecule has 0 bridgehead atoms. The maximum absolute atomic E-state index is 12.0. The second-order valence-corrected chi connectivity index (χ2v) is 5.22. The number of rotatable bonds is 3. The molecule has 5 nitrogen and oxygen atoms in total. The lowest BCUT2D eigenvalue weighted by Crippen LogP contribution is -2.36. The summed E-state index contributed by atoms with van der Waals surface area (Å²) in [5, 5.41) is 14.7. The average molecular weight is 315 g/mol. The molecule has 0 unspecified atom stereocenters. The molecule has 2 rings (SSSR count). The summed E-state index contributed by atoms with van der Waals surface area (Å²) in [6, 6.07) is 2.50. The molecular weight excluding hydrogens is 303 g/mol. The van der Waals surface area contributed by atoms with Gasteiger partial charge in [-0.3, -0.25) is 4.79 Å². The van der Waals surface area contributed by atoms with Crippen molar-refractivity contribution in [2.45, 2.75) is 6.92 Å². The van der Waals surface area contributed by atoms with Crippen LogP contribution in [0, 0.1) is 0 Å². The van der Waals surface area contributed by atoms with E-state index in [1.165, 1.54) is 12.1 Å². The highest BCUT2D eigenvalue weighted by Crippen LogP contribution is 2.32. The third-order valence-corrected chi connectivity index (χ3v) is 3.67. The number of halogens is 2. The van der Waals surface area contributed by atoms with E-state index in [9.17, 15) is 9.59 Å². The molecule has 1 aromatic carbocycles. The van der Waals surface area contributed by atoms with E-state index in [4.69, 9.17) is 28.3 Å². The fraction of sp³-hybridized carbons (Fsp3) is 0.231. The topological polar surface area (TPSA) is 78.4 Å². The summed E-state index contributed by atoms with van der Waals surface area (Å²) in [6.45, 7) is 3.11. The molecule has 0 aliphatic carbocycles. The Hall–Kier alpha value is -1.56. The van der Waals surface area contributed by atoms with Crippen LogP contribution in [0.5, 0.6) is 0 Å².